The van der Waals surface area contributed by atoms with Crippen LogP contribution in [-0.2, 0) is 5.60 Å². The molecule has 1 unspecified atom stereocenters. The summed E-state index contributed by atoms with van der Waals surface area (Å²) in [6.07, 6.45) is 1.83. The van der Waals surface area contributed by atoms with Gasteiger partial charge in [0.1, 0.15) is 16.7 Å². The number of carbonyl (C=O) groups excluding carboxylic acids is 1. The second-order valence-corrected chi connectivity index (χ2v) is 6.73. The average Bonchev–Trinajstić information content (AvgIpc) is 3.52. The summed E-state index contributed by atoms with van der Waals surface area (Å²) in [5.41, 5.74) is -0.666. The van der Waals surface area contributed by atoms with E-state index >= 15 is 0 Å². The fourth-order valence-electron chi connectivity index (χ4n) is 3.30. The normalized spacial score (nSPS) is 16.2. The van der Waals surface area contributed by atoms with Gasteiger partial charge in [0.15, 0.2) is 0 Å². The van der Waals surface area contributed by atoms with Gasteiger partial charge in [0.05, 0.1) is 6.54 Å². The van der Waals surface area contributed by atoms with Gasteiger partial charge in [0.2, 0.25) is 0 Å². The maximum Gasteiger partial charge on any atom is 0.349 e. The molecule has 1 amide bonds. The first-order valence-electron chi connectivity index (χ1n) is 8.67. The summed E-state index contributed by atoms with van der Waals surface area (Å²) in [6.45, 7) is 0.0484. The molecule has 132 valence electrons. The fourth-order valence-corrected chi connectivity index (χ4v) is 3.30. The molecule has 4 rings (SSSR count). The Hall–Kier alpha value is -2.92. The zero-order valence-electron chi connectivity index (χ0n) is 14.1. The number of nitrogens with one attached hydrogen (secondary N) is 1. The molecule has 0 radical (unpaired) electrons. The van der Waals surface area contributed by atoms with Gasteiger partial charge < -0.3 is 14.8 Å². The van der Waals surface area contributed by atoms with Crippen LogP contribution < -0.4 is 10.9 Å². The van der Waals surface area contributed by atoms with E-state index in [0.717, 1.165) is 18.4 Å². The Kier molecular flexibility index (Phi) is 4.09. The monoisotopic (exact) mass is 349 g/mol. The molecule has 1 atom stereocenters. The number of aliphatic hydroxyl groups is 1. The van der Waals surface area contributed by atoms with Gasteiger partial charge in [-0.25, -0.2) is 4.79 Å². The van der Waals surface area contributed by atoms with E-state index in [1.165, 1.54) is 6.07 Å². The second-order valence-electron chi connectivity index (χ2n) is 6.73. The van der Waals surface area contributed by atoms with Crippen molar-refractivity contribution in [3.63, 3.8) is 0 Å². The summed E-state index contributed by atoms with van der Waals surface area (Å²) in [4.78, 5) is 24.7. The van der Waals surface area contributed by atoms with Crippen molar-refractivity contribution in [3.8, 4) is 0 Å². The Morgan fingerprint density at radius 2 is 1.81 bits per heavy atom. The van der Waals surface area contributed by atoms with Gasteiger partial charge in [0, 0.05) is 5.39 Å². The van der Waals surface area contributed by atoms with Gasteiger partial charge in [0.25, 0.3) is 5.91 Å². The van der Waals surface area contributed by atoms with Crippen molar-refractivity contribution in [2.24, 2.45) is 5.92 Å². The highest BCUT2D eigenvalue weighted by atomic mass is 16.4. The summed E-state index contributed by atoms with van der Waals surface area (Å²) >= 11 is 0. The SMILES string of the molecule is O=C(NCC(O)(c1ccccc1)C1CC1)c1cc2ccccc2oc1=O. The van der Waals surface area contributed by atoms with Crippen LogP contribution in [0, 0.1) is 5.92 Å². The van der Waals surface area contributed by atoms with E-state index in [1.54, 1.807) is 18.2 Å². The van der Waals surface area contributed by atoms with Crippen molar-refractivity contribution in [1.82, 2.24) is 5.32 Å². The second kappa shape index (κ2) is 6.42. The Morgan fingerprint density at radius 1 is 1.12 bits per heavy atom. The summed E-state index contributed by atoms with van der Waals surface area (Å²) < 4.78 is 5.21. The summed E-state index contributed by atoms with van der Waals surface area (Å²) in [5, 5.41) is 14.5. The van der Waals surface area contributed by atoms with Gasteiger partial charge in [-0.3, -0.25) is 4.79 Å². The van der Waals surface area contributed by atoms with E-state index < -0.39 is 17.1 Å². The molecule has 26 heavy (non-hydrogen) atoms. The summed E-state index contributed by atoms with van der Waals surface area (Å²) in [5.74, 6) is -0.433. The number of para-hydroxylation sites is 1. The van der Waals surface area contributed by atoms with Crippen molar-refractivity contribution >= 4 is 16.9 Å². The Balaban J connectivity index is 1.58. The molecule has 0 spiro atoms. The van der Waals surface area contributed by atoms with E-state index in [-0.39, 0.29) is 18.0 Å². The number of fused-ring (bicyclic) bond motifs is 1. The molecule has 1 aromatic heterocycles. The van der Waals surface area contributed by atoms with E-state index in [1.807, 2.05) is 36.4 Å². The van der Waals surface area contributed by atoms with Crippen LogP contribution in [0.5, 0.6) is 0 Å². The van der Waals surface area contributed by atoms with Crippen LogP contribution >= 0.6 is 0 Å². The van der Waals surface area contributed by atoms with Crippen molar-refractivity contribution in [2.75, 3.05) is 6.54 Å². The topological polar surface area (TPSA) is 79.5 Å². The first kappa shape index (κ1) is 16.5. The highest BCUT2D eigenvalue weighted by Crippen LogP contribution is 2.45. The number of amides is 1. The third-order valence-electron chi connectivity index (χ3n) is 4.93. The lowest BCUT2D eigenvalue weighted by atomic mass is 9.88. The minimum atomic E-state index is -1.13. The van der Waals surface area contributed by atoms with Crippen LogP contribution in [0.25, 0.3) is 11.0 Å². The molecular formula is C21H19NO4. The molecule has 0 aliphatic heterocycles. The molecule has 0 saturated heterocycles. The highest BCUT2D eigenvalue weighted by molar-refractivity contribution is 5.96. The zero-order valence-corrected chi connectivity index (χ0v) is 14.1. The number of carbonyl (C=O) groups is 1. The molecule has 1 aliphatic rings. The maximum atomic E-state index is 12.5. The number of rotatable bonds is 5. The van der Waals surface area contributed by atoms with Crippen molar-refractivity contribution in [1.29, 1.82) is 0 Å². The molecule has 1 aliphatic carbocycles. The van der Waals surface area contributed by atoms with Crippen molar-refractivity contribution in [2.45, 2.75) is 18.4 Å². The van der Waals surface area contributed by atoms with Gasteiger partial charge in [-0.15, -0.1) is 0 Å². The maximum absolute atomic E-state index is 12.5. The molecular weight excluding hydrogens is 330 g/mol. The average molecular weight is 349 g/mol. The van der Waals surface area contributed by atoms with E-state index in [0.29, 0.717) is 11.0 Å². The molecule has 1 saturated carbocycles. The highest BCUT2D eigenvalue weighted by Gasteiger charge is 2.45. The van der Waals surface area contributed by atoms with Crippen molar-refractivity contribution in [3.05, 3.63) is 82.2 Å². The molecule has 1 heterocycles. The smallest absolute Gasteiger partial charge is 0.349 e. The van der Waals surface area contributed by atoms with Crippen LogP contribution in [0.4, 0.5) is 0 Å². The molecule has 2 N–H and O–H groups in total. The van der Waals surface area contributed by atoms with Gasteiger partial charge in [-0.05, 0) is 36.5 Å². The molecule has 2 aromatic carbocycles. The van der Waals surface area contributed by atoms with Crippen LogP contribution in [0.3, 0.4) is 0 Å². The summed E-state index contributed by atoms with van der Waals surface area (Å²) in [7, 11) is 0. The van der Waals surface area contributed by atoms with E-state index in [2.05, 4.69) is 5.32 Å². The quantitative estimate of drug-likeness (QED) is 0.694. The van der Waals surface area contributed by atoms with Crippen LogP contribution in [0.1, 0.15) is 28.8 Å². The van der Waals surface area contributed by atoms with Crippen LogP contribution in [-0.4, -0.2) is 17.6 Å². The minimum absolute atomic E-state index is 0.0484. The summed E-state index contributed by atoms with van der Waals surface area (Å²) in [6, 6.07) is 17.9. The molecule has 5 nitrogen and oxygen atoms in total. The van der Waals surface area contributed by atoms with E-state index in [4.69, 9.17) is 4.42 Å². The first-order chi connectivity index (χ1) is 12.6. The van der Waals surface area contributed by atoms with Gasteiger partial charge >= 0.3 is 5.63 Å². The lowest BCUT2D eigenvalue weighted by molar-refractivity contribution is 0.0134. The Morgan fingerprint density at radius 3 is 2.54 bits per heavy atom. The van der Waals surface area contributed by atoms with Crippen LogP contribution in [0.15, 0.2) is 69.9 Å². The predicted molar refractivity (Wildman–Crippen MR) is 97.9 cm³/mol. The predicted octanol–water partition coefficient (Wildman–Crippen LogP) is 2.82. The standard InChI is InChI=1S/C21H19NO4/c23-19(17-12-14-6-4-5-9-18(14)26-20(17)24)22-13-21(25,16-10-11-16)15-7-2-1-3-8-15/h1-9,12,16,25H,10-11,13H2,(H,22,23). The Bertz CT molecular complexity index is 1010. The molecule has 5 heteroatoms. The van der Waals surface area contributed by atoms with Crippen LogP contribution in [0.2, 0.25) is 0 Å². The lowest BCUT2D eigenvalue weighted by Crippen LogP contribution is -2.43. The zero-order chi connectivity index (χ0) is 18.1. The van der Waals surface area contributed by atoms with Gasteiger partial charge in [-0.2, -0.15) is 0 Å². The lowest BCUT2D eigenvalue weighted by Gasteiger charge is -2.29. The molecule has 1 fully saturated rings. The largest absolute Gasteiger partial charge is 0.422 e. The van der Waals surface area contributed by atoms with Crippen molar-refractivity contribution < 1.29 is 14.3 Å². The van der Waals surface area contributed by atoms with Gasteiger partial charge in [-0.1, -0.05) is 48.5 Å². The minimum Gasteiger partial charge on any atom is -0.422 e. The first-order valence-corrected chi connectivity index (χ1v) is 8.67. The molecule has 3 aromatic rings. The third kappa shape index (κ3) is 3.02. The molecule has 0 bridgehead atoms. The van der Waals surface area contributed by atoms with E-state index in [9.17, 15) is 14.7 Å². The number of hydrogen-bond donors (Lipinski definition) is 2. The fraction of sp³-hybridized carbons (Fsp3) is 0.238. The number of benzene rings is 2. The Labute approximate surface area is 150 Å². The third-order valence-corrected chi connectivity index (χ3v) is 4.93. The number of hydrogen-bond acceptors (Lipinski definition) is 4.